The average molecular weight is 651 g/mol. The molecule has 0 saturated carbocycles. The predicted molar refractivity (Wildman–Crippen MR) is 127 cm³/mol. The Kier molecular flexibility index (Phi) is 15.5. The fourth-order valence-electron chi connectivity index (χ4n) is 3.97. The van der Waals surface area contributed by atoms with Crippen LogP contribution < -0.4 is 0 Å². The normalized spacial score (nSPS) is 15.4. The third kappa shape index (κ3) is 8.02. The summed E-state index contributed by atoms with van der Waals surface area (Å²) in [6, 6.07) is 0. The van der Waals surface area contributed by atoms with E-state index < -0.39 is 82.8 Å². The first-order chi connectivity index (χ1) is 18.7. The molecule has 0 aromatic carbocycles. The lowest BCUT2D eigenvalue weighted by Gasteiger charge is -2.44. The lowest BCUT2D eigenvalue weighted by molar-refractivity contribution is -0.425. The molecule has 0 saturated heterocycles. The molecule has 0 N–H and O–H groups in total. The second-order valence-electron chi connectivity index (χ2n) is 9.43. The van der Waals surface area contributed by atoms with Gasteiger partial charge in [-0.2, -0.15) is 52.7 Å². The van der Waals surface area contributed by atoms with Crippen LogP contribution >= 0.6 is 0 Å². The molecule has 0 radical (unpaired) electrons. The molecule has 17 heteroatoms. The molecule has 0 bridgehead atoms. The van der Waals surface area contributed by atoms with Gasteiger partial charge in [0.05, 0.1) is 0 Å². The van der Waals surface area contributed by atoms with Gasteiger partial charge in [0.15, 0.2) is 6.17 Å². The van der Waals surface area contributed by atoms with Gasteiger partial charge in [0, 0.05) is 19.8 Å². The fourth-order valence-corrected chi connectivity index (χ4v) is 6.45. The average Bonchev–Trinajstić information content (AvgIpc) is 2.87. The van der Waals surface area contributed by atoms with E-state index >= 15 is 0 Å². The maximum absolute atomic E-state index is 14.9. The molecule has 0 aliphatic heterocycles. The molecule has 3 nitrogen and oxygen atoms in total. The smallest absolute Gasteiger partial charge is 0.370 e. The molecule has 0 amide bonds. The van der Waals surface area contributed by atoms with Crippen molar-refractivity contribution in [3.05, 3.63) is 0 Å². The molecular weight excluding hydrogens is 611 g/mol. The second-order valence-corrected chi connectivity index (χ2v) is 12.0. The van der Waals surface area contributed by atoms with Crippen LogP contribution in [-0.2, 0) is 13.3 Å². The van der Waals surface area contributed by atoms with Crippen molar-refractivity contribution in [3.63, 3.8) is 0 Å². The van der Waals surface area contributed by atoms with Gasteiger partial charge in [-0.05, 0) is 27.2 Å². The third-order valence-electron chi connectivity index (χ3n) is 6.34. The Bertz CT molecular complexity index is 737. The van der Waals surface area contributed by atoms with Crippen molar-refractivity contribution < 1.29 is 70.4 Å². The summed E-state index contributed by atoms with van der Waals surface area (Å²) in [5.74, 6) is -37.4. The van der Waals surface area contributed by atoms with Crippen molar-refractivity contribution >= 4 is 8.80 Å². The Labute approximate surface area is 232 Å². The molecule has 0 aliphatic rings. The predicted octanol–water partition coefficient (Wildman–Crippen LogP) is 9.64. The van der Waals surface area contributed by atoms with Crippen molar-refractivity contribution in [2.75, 3.05) is 19.8 Å². The van der Waals surface area contributed by atoms with Crippen molar-refractivity contribution in [2.24, 2.45) is 0 Å². The Morgan fingerprint density at radius 2 is 0.829 bits per heavy atom. The zero-order valence-corrected chi connectivity index (χ0v) is 24.4. The van der Waals surface area contributed by atoms with Crippen LogP contribution in [0.1, 0.15) is 91.9 Å². The monoisotopic (exact) mass is 650 g/mol. The number of halogens is 13. The van der Waals surface area contributed by atoms with E-state index in [1.165, 1.54) is 0 Å². The maximum Gasteiger partial charge on any atom is 0.582 e. The molecule has 41 heavy (non-hydrogen) atoms. The summed E-state index contributed by atoms with van der Waals surface area (Å²) in [4.78, 5) is 0. The van der Waals surface area contributed by atoms with Gasteiger partial charge in [-0.3, -0.25) is 0 Å². The van der Waals surface area contributed by atoms with Crippen LogP contribution in [0.4, 0.5) is 57.1 Å². The number of alkyl halides is 13. The molecule has 0 aromatic rings. The van der Waals surface area contributed by atoms with Gasteiger partial charge in [0.1, 0.15) is 0 Å². The summed E-state index contributed by atoms with van der Waals surface area (Å²) >= 11 is 0. The van der Waals surface area contributed by atoms with Gasteiger partial charge < -0.3 is 13.3 Å². The van der Waals surface area contributed by atoms with E-state index in [9.17, 15) is 57.1 Å². The van der Waals surface area contributed by atoms with Crippen LogP contribution in [0.2, 0.25) is 0 Å². The van der Waals surface area contributed by atoms with Crippen LogP contribution in [0.25, 0.3) is 0 Å². The maximum atomic E-state index is 14.9. The van der Waals surface area contributed by atoms with E-state index in [1.807, 2.05) is 6.92 Å². The second kappa shape index (κ2) is 15.8. The first-order valence-corrected chi connectivity index (χ1v) is 15.2. The highest BCUT2D eigenvalue weighted by Gasteiger charge is 2.94. The summed E-state index contributed by atoms with van der Waals surface area (Å²) < 4.78 is 201. The van der Waals surface area contributed by atoms with Gasteiger partial charge in [-0.15, -0.1) is 0 Å². The van der Waals surface area contributed by atoms with Gasteiger partial charge in [0.25, 0.3) is 0 Å². The lowest BCUT2D eigenvalue weighted by atomic mass is 9.90. The molecular formula is C24H39F13O3Si. The molecule has 0 heterocycles. The van der Waals surface area contributed by atoms with E-state index in [4.69, 9.17) is 0 Å². The summed E-state index contributed by atoms with van der Waals surface area (Å²) in [5.41, 5.74) is -6.54. The Balaban J connectivity index is 6.00. The van der Waals surface area contributed by atoms with Gasteiger partial charge in [0.2, 0.25) is 0 Å². The highest BCUT2D eigenvalue weighted by molar-refractivity contribution is 6.63. The van der Waals surface area contributed by atoms with Crippen molar-refractivity contribution in [1.29, 1.82) is 0 Å². The van der Waals surface area contributed by atoms with Gasteiger partial charge in [-0.25, -0.2) is 4.39 Å². The summed E-state index contributed by atoms with van der Waals surface area (Å²) in [5, 5.41) is 0. The van der Waals surface area contributed by atoms with E-state index in [0.29, 0.717) is 12.8 Å². The Morgan fingerprint density at radius 1 is 0.488 bits per heavy atom. The van der Waals surface area contributed by atoms with E-state index in [1.54, 1.807) is 0 Å². The zero-order chi connectivity index (χ0) is 32.4. The SMILES string of the molecule is CCCCCCCCCCCC(F)C(F)(F)C(F)(F)C(F)(F)C(F)(F)C(F)(F)C(F)(F)[Si](OCC)(OCC)OCC. The van der Waals surface area contributed by atoms with Gasteiger partial charge in [-0.1, -0.05) is 64.7 Å². The Hall–Kier alpha value is -0.813. The molecule has 1 unspecified atom stereocenters. The molecule has 0 aliphatic carbocycles. The van der Waals surface area contributed by atoms with Crippen LogP contribution in [0.3, 0.4) is 0 Å². The van der Waals surface area contributed by atoms with Crippen LogP contribution in [-0.4, -0.2) is 70.0 Å². The van der Waals surface area contributed by atoms with Crippen LogP contribution in [0.15, 0.2) is 0 Å². The minimum Gasteiger partial charge on any atom is -0.370 e. The van der Waals surface area contributed by atoms with E-state index in [-0.39, 0.29) is 6.42 Å². The third-order valence-corrected chi connectivity index (χ3v) is 9.43. The summed E-state index contributed by atoms with van der Waals surface area (Å²) in [6.45, 7) is 1.78. The molecule has 0 spiro atoms. The van der Waals surface area contributed by atoms with Crippen LogP contribution in [0, 0.1) is 0 Å². The molecule has 0 fully saturated rings. The highest BCUT2D eigenvalue weighted by Crippen LogP contribution is 2.62. The van der Waals surface area contributed by atoms with Crippen molar-refractivity contribution in [2.45, 2.75) is 133 Å². The topological polar surface area (TPSA) is 27.7 Å². The summed E-state index contributed by atoms with van der Waals surface area (Å²) in [6.07, 6.45) is -0.753. The number of unbranched alkanes of at least 4 members (excludes halogenated alkanes) is 8. The minimum atomic E-state index is -7.88. The van der Waals surface area contributed by atoms with Crippen molar-refractivity contribution in [1.82, 2.24) is 0 Å². The quantitative estimate of drug-likeness (QED) is 0.0626. The van der Waals surface area contributed by atoms with E-state index in [2.05, 4.69) is 13.3 Å². The molecule has 0 aromatic heterocycles. The first kappa shape index (κ1) is 40.2. The standard InChI is InChI=1S/C24H39F13O3Si/c1-5-9-10-11-12-13-14-15-16-17-18(25)19(26,27)20(28,29)21(30,31)22(32,33)23(34,35)24(36,37)41(38-6-2,39-7-3)40-8-4/h18H,5-17H2,1-4H3. The lowest BCUT2D eigenvalue weighted by Crippen LogP contribution is -2.77. The highest BCUT2D eigenvalue weighted by atomic mass is 28.4. The minimum absolute atomic E-state index is 0.00565. The first-order valence-electron chi connectivity index (χ1n) is 13.5. The largest absolute Gasteiger partial charge is 0.582 e. The number of rotatable bonds is 23. The molecule has 248 valence electrons. The summed E-state index contributed by atoms with van der Waals surface area (Å²) in [7, 11) is -6.42. The molecule has 0 rings (SSSR count). The molecule has 1 atom stereocenters. The zero-order valence-electron chi connectivity index (χ0n) is 23.4. The van der Waals surface area contributed by atoms with Gasteiger partial charge >= 0.3 is 44.0 Å². The van der Waals surface area contributed by atoms with E-state index in [0.717, 1.165) is 52.9 Å². The number of hydrogen-bond acceptors (Lipinski definition) is 3. The van der Waals surface area contributed by atoms with Crippen molar-refractivity contribution in [3.8, 4) is 0 Å². The Morgan fingerprint density at radius 3 is 1.20 bits per heavy atom. The fraction of sp³-hybridized carbons (Fsp3) is 1.00. The van der Waals surface area contributed by atoms with Crippen LogP contribution in [0.5, 0.6) is 0 Å². The number of hydrogen-bond donors (Lipinski definition) is 0.